The number of hydrogen-bond donors (Lipinski definition) is 1. The van der Waals surface area contributed by atoms with E-state index < -0.39 is 12.2 Å². The maximum absolute atomic E-state index is 12.2. The summed E-state index contributed by atoms with van der Waals surface area (Å²) in [5.74, 6) is 5.30. The summed E-state index contributed by atoms with van der Waals surface area (Å²) in [6, 6.07) is 1.88. The number of ether oxygens (including phenoxy) is 1. The molecule has 2 aliphatic heterocycles. The SMILES string of the molecule is NCC#Cc1ccsc1CN1C(=O)C2CCC(O2)C1=O. The van der Waals surface area contributed by atoms with Gasteiger partial charge in [-0.1, -0.05) is 11.8 Å². The van der Waals surface area contributed by atoms with Crippen LogP contribution in [0.25, 0.3) is 0 Å². The number of imide groups is 1. The average Bonchev–Trinajstić information content (AvgIpc) is 3.07. The van der Waals surface area contributed by atoms with Gasteiger partial charge in [-0.2, -0.15) is 0 Å². The minimum Gasteiger partial charge on any atom is -0.355 e. The van der Waals surface area contributed by atoms with Crippen LogP contribution >= 0.6 is 11.3 Å². The number of carbonyl (C=O) groups excluding carboxylic acids is 2. The molecule has 1 aromatic rings. The third kappa shape index (κ3) is 2.24. The van der Waals surface area contributed by atoms with Crippen LogP contribution in [0.1, 0.15) is 23.3 Å². The highest BCUT2D eigenvalue weighted by Gasteiger charge is 2.46. The van der Waals surface area contributed by atoms with Gasteiger partial charge in [0.2, 0.25) is 0 Å². The van der Waals surface area contributed by atoms with Crippen molar-refractivity contribution in [3.63, 3.8) is 0 Å². The standard InChI is InChI=1S/C14H14N2O3S/c15-6-1-2-9-5-7-20-12(9)8-16-13(17)10-3-4-11(19-10)14(16)18/h5,7,10-11H,3-4,6,8,15H2. The van der Waals surface area contributed by atoms with Crippen LogP contribution in [0.3, 0.4) is 0 Å². The van der Waals surface area contributed by atoms with Gasteiger partial charge >= 0.3 is 0 Å². The first kappa shape index (κ1) is 13.3. The molecule has 20 heavy (non-hydrogen) atoms. The van der Waals surface area contributed by atoms with Crippen LogP contribution in [0, 0.1) is 11.8 Å². The fraction of sp³-hybridized carbons (Fsp3) is 0.429. The lowest BCUT2D eigenvalue weighted by atomic mass is 10.2. The number of nitrogens with zero attached hydrogens (tertiary/aromatic N) is 1. The van der Waals surface area contributed by atoms with Crippen molar-refractivity contribution in [2.75, 3.05) is 6.54 Å². The second-order valence-corrected chi connectivity index (χ2v) is 5.72. The Kier molecular flexibility index (Phi) is 3.57. The minimum absolute atomic E-state index is 0.227. The Morgan fingerprint density at radius 1 is 1.35 bits per heavy atom. The summed E-state index contributed by atoms with van der Waals surface area (Å²) in [5.41, 5.74) is 6.20. The van der Waals surface area contributed by atoms with Crippen LogP contribution in [0.5, 0.6) is 0 Å². The number of amides is 2. The molecule has 0 aromatic carbocycles. The molecular weight excluding hydrogens is 276 g/mol. The van der Waals surface area contributed by atoms with Crippen LogP contribution in [0.2, 0.25) is 0 Å². The highest BCUT2D eigenvalue weighted by Crippen LogP contribution is 2.30. The van der Waals surface area contributed by atoms with Gasteiger partial charge in [-0.3, -0.25) is 14.5 Å². The van der Waals surface area contributed by atoms with Gasteiger partial charge in [-0.05, 0) is 24.3 Å². The molecule has 3 rings (SSSR count). The molecule has 0 radical (unpaired) electrons. The van der Waals surface area contributed by atoms with Crippen LogP contribution in [0.15, 0.2) is 11.4 Å². The van der Waals surface area contributed by atoms with E-state index in [0.29, 0.717) is 12.8 Å². The predicted octanol–water partition coefficient (Wildman–Crippen LogP) is 0.475. The van der Waals surface area contributed by atoms with Crippen molar-refractivity contribution in [2.45, 2.75) is 31.6 Å². The Balaban J connectivity index is 1.82. The van der Waals surface area contributed by atoms with E-state index in [1.165, 1.54) is 16.2 Å². The lowest BCUT2D eigenvalue weighted by Gasteiger charge is -2.29. The fourth-order valence-corrected chi connectivity index (χ4v) is 3.29. The van der Waals surface area contributed by atoms with Crippen molar-refractivity contribution in [3.05, 3.63) is 21.9 Å². The van der Waals surface area contributed by atoms with Crippen molar-refractivity contribution >= 4 is 23.2 Å². The van der Waals surface area contributed by atoms with Crippen LogP contribution in [0.4, 0.5) is 0 Å². The molecule has 2 saturated heterocycles. The van der Waals surface area contributed by atoms with Crippen molar-refractivity contribution in [2.24, 2.45) is 5.73 Å². The second-order valence-electron chi connectivity index (χ2n) is 4.72. The monoisotopic (exact) mass is 290 g/mol. The summed E-state index contributed by atoms with van der Waals surface area (Å²) in [6.45, 7) is 0.565. The van der Waals surface area contributed by atoms with Crippen LogP contribution in [-0.4, -0.2) is 35.5 Å². The molecule has 0 saturated carbocycles. The molecule has 2 unspecified atom stereocenters. The molecule has 1 aromatic heterocycles. The van der Waals surface area contributed by atoms with Gasteiger partial charge in [-0.15, -0.1) is 11.3 Å². The molecule has 6 heteroatoms. The zero-order valence-corrected chi connectivity index (χ0v) is 11.6. The molecule has 2 fully saturated rings. The van der Waals surface area contributed by atoms with Crippen molar-refractivity contribution in [3.8, 4) is 11.8 Å². The van der Waals surface area contributed by atoms with Gasteiger partial charge in [0.05, 0.1) is 13.1 Å². The first-order valence-electron chi connectivity index (χ1n) is 6.46. The van der Waals surface area contributed by atoms with E-state index in [4.69, 9.17) is 10.5 Å². The Morgan fingerprint density at radius 3 is 2.70 bits per heavy atom. The zero-order chi connectivity index (χ0) is 14.1. The summed E-state index contributed by atoms with van der Waals surface area (Å²) in [4.78, 5) is 26.6. The molecule has 2 atom stereocenters. The van der Waals surface area contributed by atoms with Gasteiger partial charge < -0.3 is 10.5 Å². The minimum atomic E-state index is -0.448. The van der Waals surface area contributed by atoms with Crippen molar-refractivity contribution < 1.29 is 14.3 Å². The smallest absolute Gasteiger partial charge is 0.258 e. The topological polar surface area (TPSA) is 72.6 Å². The summed E-state index contributed by atoms with van der Waals surface area (Å²) in [7, 11) is 0. The number of nitrogens with two attached hydrogens (primary N) is 1. The molecule has 3 heterocycles. The molecule has 5 nitrogen and oxygen atoms in total. The lowest BCUT2D eigenvalue weighted by molar-refractivity contribution is -0.169. The number of carbonyl (C=O) groups is 2. The predicted molar refractivity (Wildman–Crippen MR) is 73.7 cm³/mol. The van der Waals surface area contributed by atoms with Gasteiger partial charge in [-0.25, -0.2) is 0 Å². The van der Waals surface area contributed by atoms with Crippen molar-refractivity contribution in [1.82, 2.24) is 4.90 Å². The van der Waals surface area contributed by atoms with Gasteiger partial charge in [0.15, 0.2) is 0 Å². The molecule has 104 valence electrons. The fourth-order valence-electron chi connectivity index (χ4n) is 2.48. The first-order valence-corrected chi connectivity index (χ1v) is 7.34. The number of rotatable bonds is 2. The Labute approximate surface area is 120 Å². The van der Waals surface area contributed by atoms with E-state index in [1.807, 2.05) is 11.4 Å². The van der Waals surface area contributed by atoms with Gasteiger partial charge in [0.25, 0.3) is 11.8 Å². The van der Waals surface area contributed by atoms with Gasteiger partial charge in [0, 0.05) is 10.4 Å². The Bertz CT molecular complexity index is 591. The third-order valence-electron chi connectivity index (χ3n) is 3.47. The maximum atomic E-state index is 12.2. The van der Waals surface area contributed by atoms with E-state index in [9.17, 15) is 9.59 Å². The van der Waals surface area contributed by atoms with E-state index in [1.54, 1.807) is 0 Å². The number of fused-ring (bicyclic) bond motifs is 2. The molecule has 0 aliphatic carbocycles. The highest BCUT2D eigenvalue weighted by molar-refractivity contribution is 7.10. The zero-order valence-electron chi connectivity index (χ0n) is 10.8. The number of likely N-dealkylation sites (tertiary alicyclic amines) is 1. The average molecular weight is 290 g/mol. The number of morpholine rings is 1. The Hall–Kier alpha value is -1.68. The molecule has 2 N–H and O–H groups in total. The summed E-state index contributed by atoms with van der Waals surface area (Å²) >= 11 is 1.49. The number of thiophene rings is 1. The van der Waals surface area contributed by atoms with E-state index in [-0.39, 0.29) is 24.9 Å². The maximum Gasteiger partial charge on any atom is 0.258 e. The quantitative estimate of drug-likeness (QED) is 0.635. The lowest BCUT2D eigenvalue weighted by Crippen LogP contribution is -2.51. The van der Waals surface area contributed by atoms with E-state index >= 15 is 0 Å². The van der Waals surface area contributed by atoms with E-state index in [2.05, 4.69) is 11.8 Å². The van der Waals surface area contributed by atoms with Crippen LogP contribution in [-0.2, 0) is 20.9 Å². The summed E-state index contributed by atoms with van der Waals surface area (Å²) in [5, 5.41) is 1.90. The summed E-state index contributed by atoms with van der Waals surface area (Å²) in [6.07, 6.45) is 0.374. The van der Waals surface area contributed by atoms with Crippen molar-refractivity contribution in [1.29, 1.82) is 0 Å². The molecular formula is C14H14N2O3S. The van der Waals surface area contributed by atoms with Crippen LogP contribution < -0.4 is 5.73 Å². The highest BCUT2D eigenvalue weighted by atomic mass is 32.1. The third-order valence-corrected chi connectivity index (χ3v) is 4.38. The van der Waals surface area contributed by atoms with Gasteiger partial charge in [0.1, 0.15) is 12.2 Å². The second kappa shape index (κ2) is 5.37. The molecule has 2 aliphatic rings. The van der Waals surface area contributed by atoms with E-state index in [0.717, 1.165) is 10.4 Å². The largest absolute Gasteiger partial charge is 0.355 e. The normalized spacial score (nSPS) is 24.8. The molecule has 0 spiro atoms. The first-order chi connectivity index (χ1) is 9.70. The number of hydrogen-bond acceptors (Lipinski definition) is 5. The Morgan fingerprint density at radius 2 is 2.05 bits per heavy atom. The molecule has 2 amide bonds. The molecule has 2 bridgehead atoms. The summed E-state index contributed by atoms with van der Waals surface area (Å²) < 4.78 is 5.38.